The third-order valence-corrected chi connectivity index (χ3v) is 4.45. The number of hydrogen-bond acceptors (Lipinski definition) is 2. The number of aromatic amines is 1. The summed E-state index contributed by atoms with van der Waals surface area (Å²) in [4.78, 5) is 15.6. The quantitative estimate of drug-likeness (QED) is 0.555. The topological polar surface area (TPSA) is 44.9 Å². The van der Waals surface area contributed by atoms with Crippen LogP contribution in [0.4, 0.5) is 5.69 Å². The van der Waals surface area contributed by atoms with Gasteiger partial charge in [0.25, 0.3) is 5.91 Å². The Kier molecular flexibility index (Phi) is 2.75. The summed E-state index contributed by atoms with van der Waals surface area (Å²) in [6.45, 7) is 0. The zero-order valence-electron chi connectivity index (χ0n) is 11.1. The van der Waals surface area contributed by atoms with Crippen LogP contribution in [0.1, 0.15) is 10.4 Å². The van der Waals surface area contributed by atoms with Crippen molar-refractivity contribution in [3.05, 3.63) is 65.7 Å². The summed E-state index contributed by atoms with van der Waals surface area (Å²) in [6, 6.07) is 15.6. The molecule has 2 aromatic carbocycles. The van der Waals surface area contributed by atoms with Crippen molar-refractivity contribution in [2.75, 3.05) is 5.32 Å². The number of hydrogen-bond donors (Lipinski definition) is 2. The zero-order valence-corrected chi connectivity index (χ0v) is 11.9. The molecule has 0 saturated carbocycles. The number of aromatic nitrogens is 1. The van der Waals surface area contributed by atoms with E-state index in [0.717, 1.165) is 22.0 Å². The van der Waals surface area contributed by atoms with Gasteiger partial charge in [-0.05, 0) is 53.2 Å². The maximum atomic E-state index is 12.5. The van der Waals surface area contributed by atoms with Crippen LogP contribution in [0.5, 0.6) is 0 Å². The molecule has 102 valence electrons. The standard InChI is InChI=1S/C17H12N2OS/c20-17(14-2-1-3-15-13(14)6-8-18-15)19-12-4-5-16-11(10-12)7-9-21-16/h1-10,18H,(H,19,20). The highest BCUT2D eigenvalue weighted by Gasteiger charge is 2.11. The Labute approximate surface area is 125 Å². The van der Waals surface area contributed by atoms with E-state index in [2.05, 4.69) is 21.7 Å². The Balaban J connectivity index is 1.70. The number of carbonyl (C=O) groups is 1. The molecule has 2 N–H and O–H groups in total. The van der Waals surface area contributed by atoms with Gasteiger partial charge in [0.1, 0.15) is 0 Å². The molecule has 4 heteroatoms. The maximum absolute atomic E-state index is 12.5. The average molecular weight is 292 g/mol. The fourth-order valence-electron chi connectivity index (χ4n) is 2.53. The molecule has 0 fully saturated rings. The number of nitrogens with one attached hydrogen (secondary N) is 2. The fourth-order valence-corrected chi connectivity index (χ4v) is 3.30. The highest BCUT2D eigenvalue weighted by molar-refractivity contribution is 7.17. The van der Waals surface area contributed by atoms with Crippen molar-refractivity contribution >= 4 is 43.9 Å². The smallest absolute Gasteiger partial charge is 0.256 e. The molecule has 2 heterocycles. The number of benzene rings is 2. The molecular formula is C17H12N2OS. The van der Waals surface area contributed by atoms with Crippen molar-refractivity contribution in [2.24, 2.45) is 0 Å². The zero-order chi connectivity index (χ0) is 14.2. The van der Waals surface area contributed by atoms with E-state index >= 15 is 0 Å². The maximum Gasteiger partial charge on any atom is 0.256 e. The Morgan fingerprint density at radius 3 is 3.00 bits per heavy atom. The lowest BCUT2D eigenvalue weighted by Gasteiger charge is -2.06. The number of carbonyl (C=O) groups excluding carboxylic acids is 1. The summed E-state index contributed by atoms with van der Waals surface area (Å²) in [7, 11) is 0. The van der Waals surface area contributed by atoms with Gasteiger partial charge in [0, 0.05) is 33.1 Å². The van der Waals surface area contributed by atoms with Crippen LogP contribution in [0.25, 0.3) is 21.0 Å². The lowest BCUT2D eigenvalue weighted by atomic mass is 10.1. The van der Waals surface area contributed by atoms with Gasteiger partial charge in [-0.3, -0.25) is 4.79 Å². The SMILES string of the molecule is O=C(Nc1ccc2sccc2c1)c1cccc2[nH]ccc12. The van der Waals surface area contributed by atoms with Gasteiger partial charge in [0.2, 0.25) is 0 Å². The van der Waals surface area contributed by atoms with Crippen molar-refractivity contribution in [1.82, 2.24) is 4.98 Å². The molecule has 1 amide bonds. The van der Waals surface area contributed by atoms with Crippen LogP contribution in [-0.2, 0) is 0 Å². The third kappa shape index (κ3) is 2.10. The largest absolute Gasteiger partial charge is 0.361 e. The van der Waals surface area contributed by atoms with Crippen molar-refractivity contribution in [1.29, 1.82) is 0 Å². The molecule has 0 aliphatic carbocycles. The summed E-state index contributed by atoms with van der Waals surface area (Å²) in [5.74, 6) is -0.0882. The Bertz CT molecular complexity index is 951. The molecule has 0 aliphatic heterocycles. The lowest BCUT2D eigenvalue weighted by molar-refractivity contribution is 0.102. The molecule has 0 atom stereocenters. The summed E-state index contributed by atoms with van der Waals surface area (Å²) in [5.41, 5.74) is 2.47. The van der Waals surface area contributed by atoms with E-state index in [1.165, 1.54) is 4.70 Å². The van der Waals surface area contributed by atoms with Crippen LogP contribution in [0.2, 0.25) is 0 Å². The molecule has 4 aromatic rings. The number of thiophene rings is 1. The van der Waals surface area contributed by atoms with Crippen molar-refractivity contribution in [3.63, 3.8) is 0 Å². The minimum absolute atomic E-state index is 0.0882. The highest BCUT2D eigenvalue weighted by atomic mass is 32.1. The minimum Gasteiger partial charge on any atom is -0.361 e. The lowest BCUT2D eigenvalue weighted by Crippen LogP contribution is -2.11. The van der Waals surface area contributed by atoms with E-state index in [1.807, 2.05) is 48.7 Å². The van der Waals surface area contributed by atoms with Crippen LogP contribution >= 0.6 is 11.3 Å². The molecule has 2 aromatic heterocycles. The van der Waals surface area contributed by atoms with Gasteiger partial charge in [-0.25, -0.2) is 0 Å². The number of fused-ring (bicyclic) bond motifs is 2. The number of H-pyrrole nitrogens is 1. The third-order valence-electron chi connectivity index (χ3n) is 3.55. The van der Waals surface area contributed by atoms with Gasteiger partial charge in [-0.1, -0.05) is 6.07 Å². The van der Waals surface area contributed by atoms with Crippen molar-refractivity contribution < 1.29 is 4.79 Å². The Morgan fingerprint density at radius 1 is 1.10 bits per heavy atom. The Hall–Kier alpha value is -2.59. The van der Waals surface area contributed by atoms with Gasteiger partial charge >= 0.3 is 0 Å². The van der Waals surface area contributed by atoms with Crippen molar-refractivity contribution in [2.45, 2.75) is 0 Å². The van der Waals surface area contributed by atoms with E-state index in [0.29, 0.717) is 5.56 Å². The van der Waals surface area contributed by atoms with E-state index in [1.54, 1.807) is 11.3 Å². The number of rotatable bonds is 2. The molecule has 4 rings (SSSR count). The van der Waals surface area contributed by atoms with E-state index in [-0.39, 0.29) is 5.91 Å². The van der Waals surface area contributed by atoms with Crippen LogP contribution in [-0.4, -0.2) is 10.9 Å². The molecule has 21 heavy (non-hydrogen) atoms. The molecule has 3 nitrogen and oxygen atoms in total. The first-order chi connectivity index (χ1) is 10.3. The predicted octanol–water partition coefficient (Wildman–Crippen LogP) is 4.63. The van der Waals surface area contributed by atoms with Crippen LogP contribution < -0.4 is 5.32 Å². The van der Waals surface area contributed by atoms with Gasteiger partial charge in [-0.15, -0.1) is 11.3 Å². The highest BCUT2D eigenvalue weighted by Crippen LogP contribution is 2.25. The predicted molar refractivity (Wildman–Crippen MR) is 88.1 cm³/mol. The van der Waals surface area contributed by atoms with Crippen LogP contribution in [0.15, 0.2) is 60.1 Å². The first kappa shape index (κ1) is 12.2. The molecular weight excluding hydrogens is 280 g/mol. The first-order valence-electron chi connectivity index (χ1n) is 6.66. The van der Waals surface area contributed by atoms with Gasteiger partial charge in [-0.2, -0.15) is 0 Å². The van der Waals surface area contributed by atoms with Gasteiger partial charge < -0.3 is 10.3 Å². The van der Waals surface area contributed by atoms with Crippen LogP contribution in [0, 0.1) is 0 Å². The van der Waals surface area contributed by atoms with E-state index in [4.69, 9.17) is 0 Å². The van der Waals surface area contributed by atoms with Gasteiger partial charge in [0.15, 0.2) is 0 Å². The number of amides is 1. The summed E-state index contributed by atoms with van der Waals surface area (Å²) in [6.07, 6.45) is 1.85. The molecule has 0 unspecified atom stereocenters. The average Bonchev–Trinajstić information content (AvgIpc) is 3.14. The van der Waals surface area contributed by atoms with Crippen LogP contribution in [0.3, 0.4) is 0 Å². The molecule has 0 aliphatic rings. The first-order valence-corrected chi connectivity index (χ1v) is 7.54. The molecule has 0 spiro atoms. The van der Waals surface area contributed by atoms with E-state index in [9.17, 15) is 4.79 Å². The van der Waals surface area contributed by atoms with Gasteiger partial charge in [0.05, 0.1) is 0 Å². The number of anilines is 1. The van der Waals surface area contributed by atoms with E-state index < -0.39 is 0 Å². The Morgan fingerprint density at radius 2 is 2.05 bits per heavy atom. The van der Waals surface area contributed by atoms with Crippen molar-refractivity contribution in [3.8, 4) is 0 Å². The monoisotopic (exact) mass is 292 g/mol. The molecule has 0 saturated heterocycles. The second kappa shape index (κ2) is 4.75. The summed E-state index contributed by atoms with van der Waals surface area (Å²) >= 11 is 1.70. The summed E-state index contributed by atoms with van der Waals surface area (Å²) < 4.78 is 1.22. The second-order valence-electron chi connectivity index (χ2n) is 4.87. The fraction of sp³-hybridized carbons (Fsp3) is 0. The minimum atomic E-state index is -0.0882. The molecule has 0 bridgehead atoms. The molecule has 0 radical (unpaired) electrons. The summed E-state index contributed by atoms with van der Waals surface area (Å²) in [5, 5.41) is 7.11. The second-order valence-corrected chi connectivity index (χ2v) is 5.82. The normalized spacial score (nSPS) is 11.0.